The molecule has 0 amide bonds. The van der Waals surface area contributed by atoms with Crippen LogP contribution in [-0.4, -0.2) is 27.6 Å². The van der Waals surface area contributed by atoms with Crippen LogP contribution in [0.1, 0.15) is 13.8 Å². The quantitative estimate of drug-likeness (QED) is 0.764. The lowest BCUT2D eigenvalue weighted by Crippen LogP contribution is -2.62. The van der Waals surface area contributed by atoms with Crippen molar-refractivity contribution in [2.24, 2.45) is 0 Å². The summed E-state index contributed by atoms with van der Waals surface area (Å²) in [6.07, 6.45) is 0. The van der Waals surface area contributed by atoms with E-state index in [2.05, 4.69) is 68.9 Å². The number of methoxy groups -OCH3 is 1. The number of benzene rings is 2. The standard InChI is InChI=1S/C18H24O2Si/c1-18(2,15-19-3)20-21(4,16-11-7-5-8-12-16)17-13-9-6-10-14-17/h5-14H,15H2,1-4H3. The molecule has 21 heavy (non-hydrogen) atoms. The molecular formula is C18H24O2Si. The highest BCUT2D eigenvalue weighted by Crippen LogP contribution is 2.18. The molecule has 0 bridgehead atoms. The van der Waals surface area contributed by atoms with Gasteiger partial charge in [0.1, 0.15) is 0 Å². The average molecular weight is 300 g/mol. The molecule has 0 N–H and O–H groups in total. The second-order valence-corrected chi connectivity index (χ2v) is 9.49. The molecule has 112 valence electrons. The average Bonchev–Trinajstić information content (AvgIpc) is 2.48. The Morgan fingerprint density at radius 1 is 0.857 bits per heavy atom. The summed E-state index contributed by atoms with van der Waals surface area (Å²) in [7, 11) is -0.537. The van der Waals surface area contributed by atoms with E-state index in [4.69, 9.17) is 9.16 Å². The van der Waals surface area contributed by atoms with Crippen LogP contribution in [0.5, 0.6) is 0 Å². The lowest BCUT2D eigenvalue weighted by molar-refractivity contribution is 0.0148. The van der Waals surface area contributed by atoms with E-state index >= 15 is 0 Å². The zero-order valence-corrected chi connectivity index (χ0v) is 14.3. The Morgan fingerprint density at radius 2 is 1.29 bits per heavy atom. The van der Waals surface area contributed by atoms with E-state index < -0.39 is 8.32 Å². The molecule has 0 aromatic heterocycles. The third-order valence-corrected chi connectivity index (χ3v) is 7.45. The van der Waals surface area contributed by atoms with E-state index in [9.17, 15) is 0 Å². The predicted molar refractivity (Wildman–Crippen MR) is 90.8 cm³/mol. The first-order valence-corrected chi connectivity index (χ1v) is 9.69. The van der Waals surface area contributed by atoms with Gasteiger partial charge in [0.25, 0.3) is 8.32 Å². The SMILES string of the molecule is COCC(C)(C)O[Si](C)(c1ccccc1)c1ccccc1. The fraction of sp³-hybridized carbons (Fsp3) is 0.333. The molecule has 0 heterocycles. The Hall–Kier alpha value is -1.42. The third kappa shape index (κ3) is 3.82. The van der Waals surface area contributed by atoms with Crippen LogP contribution in [0, 0.1) is 0 Å². The number of hydrogen-bond acceptors (Lipinski definition) is 2. The first kappa shape index (κ1) is 16.0. The van der Waals surface area contributed by atoms with Crippen LogP contribution in [-0.2, 0) is 9.16 Å². The van der Waals surface area contributed by atoms with E-state index in [1.54, 1.807) is 7.11 Å². The fourth-order valence-corrected chi connectivity index (χ4v) is 6.12. The van der Waals surface area contributed by atoms with Gasteiger partial charge >= 0.3 is 0 Å². The first-order chi connectivity index (χ1) is 9.98. The summed E-state index contributed by atoms with van der Waals surface area (Å²) in [6.45, 7) is 7.02. The van der Waals surface area contributed by atoms with E-state index in [0.29, 0.717) is 6.61 Å². The van der Waals surface area contributed by atoms with Crippen molar-refractivity contribution in [1.29, 1.82) is 0 Å². The molecule has 0 aliphatic heterocycles. The lowest BCUT2D eigenvalue weighted by atomic mass is 10.2. The van der Waals surface area contributed by atoms with Gasteiger partial charge < -0.3 is 9.16 Å². The Morgan fingerprint density at radius 3 is 1.67 bits per heavy atom. The highest BCUT2D eigenvalue weighted by Gasteiger charge is 2.39. The van der Waals surface area contributed by atoms with Gasteiger partial charge in [-0.25, -0.2) is 0 Å². The van der Waals surface area contributed by atoms with Gasteiger partial charge in [-0.15, -0.1) is 0 Å². The van der Waals surface area contributed by atoms with Gasteiger partial charge in [-0.2, -0.15) is 0 Å². The van der Waals surface area contributed by atoms with Crippen LogP contribution >= 0.6 is 0 Å². The third-order valence-electron chi connectivity index (χ3n) is 3.62. The normalized spacial score (nSPS) is 12.4. The Balaban J connectivity index is 2.45. The Kier molecular flexibility index (Phi) is 4.98. The summed E-state index contributed by atoms with van der Waals surface area (Å²) in [5.41, 5.74) is -0.318. The van der Waals surface area contributed by atoms with Crippen molar-refractivity contribution >= 4 is 18.7 Å². The molecule has 0 fully saturated rings. The van der Waals surface area contributed by atoms with Gasteiger partial charge in [-0.1, -0.05) is 60.7 Å². The zero-order valence-electron chi connectivity index (χ0n) is 13.3. The molecule has 2 aromatic rings. The van der Waals surface area contributed by atoms with Crippen molar-refractivity contribution < 1.29 is 9.16 Å². The largest absolute Gasteiger partial charge is 0.401 e. The van der Waals surface area contributed by atoms with Gasteiger partial charge in [0.2, 0.25) is 0 Å². The smallest absolute Gasteiger partial charge is 0.253 e. The van der Waals surface area contributed by atoms with Crippen molar-refractivity contribution in [3.8, 4) is 0 Å². The van der Waals surface area contributed by atoms with Gasteiger partial charge in [-0.05, 0) is 30.8 Å². The van der Waals surface area contributed by atoms with Gasteiger partial charge in [0.05, 0.1) is 12.2 Å². The molecule has 0 atom stereocenters. The zero-order chi connectivity index (χ0) is 15.3. The van der Waals surface area contributed by atoms with E-state index in [1.165, 1.54) is 10.4 Å². The van der Waals surface area contributed by atoms with Crippen LogP contribution in [0.3, 0.4) is 0 Å². The molecule has 0 spiro atoms. The van der Waals surface area contributed by atoms with Gasteiger partial charge in [-0.3, -0.25) is 0 Å². The van der Waals surface area contributed by atoms with Crippen LogP contribution < -0.4 is 10.4 Å². The Labute approximate surface area is 128 Å². The molecule has 0 aliphatic carbocycles. The van der Waals surface area contributed by atoms with E-state index in [1.807, 2.05) is 12.1 Å². The topological polar surface area (TPSA) is 18.5 Å². The maximum absolute atomic E-state index is 6.65. The van der Waals surface area contributed by atoms with Crippen molar-refractivity contribution in [1.82, 2.24) is 0 Å². The summed E-state index contributed by atoms with van der Waals surface area (Å²) in [5.74, 6) is 0. The van der Waals surface area contributed by atoms with Gasteiger partial charge in [0, 0.05) is 7.11 Å². The summed E-state index contributed by atoms with van der Waals surface area (Å²) >= 11 is 0. The molecular weight excluding hydrogens is 276 g/mol. The first-order valence-electron chi connectivity index (χ1n) is 7.28. The monoisotopic (exact) mass is 300 g/mol. The van der Waals surface area contributed by atoms with Crippen LogP contribution in [0.4, 0.5) is 0 Å². The Bertz CT molecular complexity index is 512. The van der Waals surface area contributed by atoms with Crippen LogP contribution in [0.15, 0.2) is 60.7 Å². The summed E-state index contributed by atoms with van der Waals surface area (Å²) in [4.78, 5) is 0. The number of hydrogen-bond donors (Lipinski definition) is 0. The molecule has 0 radical (unpaired) electrons. The van der Waals surface area contributed by atoms with Crippen molar-refractivity contribution in [3.63, 3.8) is 0 Å². The van der Waals surface area contributed by atoms with Gasteiger partial charge in [0.15, 0.2) is 0 Å². The van der Waals surface area contributed by atoms with E-state index in [-0.39, 0.29) is 5.60 Å². The minimum Gasteiger partial charge on any atom is -0.401 e. The molecule has 2 rings (SSSR count). The maximum Gasteiger partial charge on any atom is 0.253 e. The highest BCUT2D eigenvalue weighted by molar-refractivity contribution is 6.96. The molecule has 0 saturated heterocycles. The minimum atomic E-state index is -2.25. The molecule has 0 unspecified atom stereocenters. The molecule has 2 nitrogen and oxygen atoms in total. The number of rotatable bonds is 6. The highest BCUT2D eigenvalue weighted by atomic mass is 28.4. The maximum atomic E-state index is 6.65. The van der Waals surface area contributed by atoms with E-state index in [0.717, 1.165) is 0 Å². The number of ether oxygens (including phenoxy) is 1. The minimum absolute atomic E-state index is 0.318. The molecule has 2 aromatic carbocycles. The molecule has 0 saturated carbocycles. The lowest BCUT2D eigenvalue weighted by Gasteiger charge is -2.37. The molecule has 3 heteroatoms. The second kappa shape index (κ2) is 6.56. The van der Waals surface area contributed by atoms with Crippen molar-refractivity contribution in [3.05, 3.63) is 60.7 Å². The second-order valence-electron chi connectivity index (χ2n) is 6.06. The van der Waals surface area contributed by atoms with Crippen LogP contribution in [0.2, 0.25) is 6.55 Å². The fourth-order valence-electron chi connectivity index (χ4n) is 2.73. The van der Waals surface area contributed by atoms with Crippen molar-refractivity contribution in [2.45, 2.75) is 26.0 Å². The van der Waals surface area contributed by atoms with Crippen molar-refractivity contribution in [2.75, 3.05) is 13.7 Å². The predicted octanol–water partition coefficient (Wildman–Crippen LogP) is 2.82. The summed E-state index contributed by atoms with van der Waals surface area (Å²) in [6, 6.07) is 21.1. The van der Waals surface area contributed by atoms with Crippen LogP contribution in [0.25, 0.3) is 0 Å². The molecule has 0 aliphatic rings. The summed E-state index contributed by atoms with van der Waals surface area (Å²) < 4.78 is 12.0. The summed E-state index contributed by atoms with van der Waals surface area (Å²) in [5, 5.41) is 2.56.